The van der Waals surface area contributed by atoms with E-state index >= 15 is 0 Å². The summed E-state index contributed by atoms with van der Waals surface area (Å²) >= 11 is 0. The van der Waals surface area contributed by atoms with Crippen molar-refractivity contribution in [2.45, 2.75) is 19.4 Å². The highest BCUT2D eigenvalue weighted by Gasteiger charge is 2.22. The second-order valence-corrected chi connectivity index (χ2v) is 3.56. The van der Waals surface area contributed by atoms with Crippen molar-refractivity contribution in [1.82, 2.24) is 0 Å². The molecule has 0 bridgehead atoms. The quantitative estimate of drug-likeness (QED) is 0.444. The van der Waals surface area contributed by atoms with Gasteiger partial charge in [0.2, 0.25) is 0 Å². The molecule has 16 heavy (non-hydrogen) atoms. The van der Waals surface area contributed by atoms with E-state index in [4.69, 9.17) is 15.0 Å². The lowest BCUT2D eigenvalue weighted by atomic mass is 10.1. The van der Waals surface area contributed by atoms with Gasteiger partial charge in [-0.05, 0) is 30.7 Å². The molecule has 1 aliphatic rings. The first kappa shape index (κ1) is 10.6. The van der Waals surface area contributed by atoms with Gasteiger partial charge in [0.1, 0.15) is 17.6 Å². The van der Waals surface area contributed by atoms with Crippen LogP contribution in [0.5, 0.6) is 11.5 Å². The summed E-state index contributed by atoms with van der Waals surface area (Å²) in [4.78, 5) is 2.73. The van der Waals surface area contributed by atoms with Gasteiger partial charge >= 0.3 is 0 Å². The molecule has 0 saturated heterocycles. The van der Waals surface area contributed by atoms with E-state index in [1.807, 2.05) is 25.1 Å². The molecule has 0 fully saturated rings. The van der Waals surface area contributed by atoms with Gasteiger partial charge in [0.05, 0.1) is 13.2 Å². The fraction of sp³-hybridized carbons (Fsp3) is 0.455. The standard InChI is InChI=1S/C11H13N3O2/c1-2-15-9-3-4-11-8(5-9)6-10(16-11)7-13-14-12/h3-5,10H,2,6-7H2,1H3/t10-/m1/s1. The van der Waals surface area contributed by atoms with Crippen molar-refractivity contribution in [3.05, 3.63) is 34.2 Å². The zero-order valence-corrected chi connectivity index (χ0v) is 9.09. The van der Waals surface area contributed by atoms with Crippen LogP contribution in [0.25, 0.3) is 10.4 Å². The second-order valence-electron chi connectivity index (χ2n) is 3.56. The van der Waals surface area contributed by atoms with Crippen LogP contribution in [-0.2, 0) is 6.42 Å². The summed E-state index contributed by atoms with van der Waals surface area (Å²) in [6.07, 6.45) is 0.734. The fourth-order valence-electron chi connectivity index (χ4n) is 1.78. The third-order valence-corrected chi connectivity index (χ3v) is 2.43. The van der Waals surface area contributed by atoms with E-state index in [1.54, 1.807) is 0 Å². The minimum Gasteiger partial charge on any atom is -0.494 e. The summed E-state index contributed by atoms with van der Waals surface area (Å²) in [5.74, 6) is 1.72. The predicted molar refractivity (Wildman–Crippen MR) is 59.7 cm³/mol. The Morgan fingerprint density at radius 3 is 3.25 bits per heavy atom. The molecule has 1 heterocycles. The van der Waals surface area contributed by atoms with Gasteiger partial charge in [-0.2, -0.15) is 0 Å². The number of hydrogen-bond acceptors (Lipinski definition) is 3. The third kappa shape index (κ3) is 2.20. The molecular formula is C11H13N3O2. The van der Waals surface area contributed by atoms with Crippen molar-refractivity contribution in [1.29, 1.82) is 0 Å². The van der Waals surface area contributed by atoms with Gasteiger partial charge in [-0.3, -0.25) is 0 Å². The van der Waals surface area contributed by atoms with Crippen LogP contribution < -0.4 is 9.47 Å². The van der Waals surface area contributed by atoms with E-state index in [-0.39, 0.29) is 6.10 Å². The van der Waals surface area contributed by atoms with Crippen LogP contribution in [0.3, 0.4) is 0 Å². The maximum Gasteiger partial charge on any atom is 0.123 e. The molecule has 5 nitrogen and oxygen atoms in total. The van der Waals surface area contributed by atoms with Crippen LogP contribution in [-0.4, -0.2) is 19.3 Å². The number of ether oxygens (including phenoxy) is 2. The topological polar surface area (TPSA) is 67.2 Å². The lowest BCUT2D eigenvalue weighted by Crippen LogP contribution is -2.16. The largest absolute Gasteiger partial charge is 0.494 e. The van der Waals surface area contributed by atoms with Crippen molar-refractivity contribution < 1.29 is 9.47 Å². The first-order chi connectivity index (χ1) is 7.83. The first-order valence-electron chi connectivity index (χ1n) is 5.26. The molecule has 1 aromatic carbocycles. The number of rotatable bonds is 4. The zero-order valence-electron chi connectivity index (χ0n) is 9.09. The second kappa shape index (κ2) is 4.77. The maximum atomic E-state index is 8.24. The molecule has 0 radical (unpaired) electrons. The van der Waals surface area contributed by atoms with E-state index in [2.05, 4.69) is 10.0 Å². The highest BCUT2D eigenvalue weighted by atomic mass is 16.5. The van der Waals surface area contributed by atoms with Crippen molar-refractivity contribution in [3.63, 3.8) is 0 Å². The third-order valence-electron chi connectivity index (χ3n) is 2.43. The molecular weight excluding hydrogens is 206 g/mol. The van der Waals surface area contributed by atoms with Crippen LogP contribution in [0.15, 0.2) is 23.3 Å². The highest BCUT2D eigenvalue weighted by molar-refractivity contribution is 5.43. The van der Waals surface area contributed by atoms with Crippen molar-refractivity contribution >= 4 is 0 Å². The maximum absolute atomic E-state index is 8.24. The van der Waals surface area contributed by atoms with E-state index < -0.39 is 0 Å². The fourth-order valence-corrected chi connectivity index (χ4v) is 1.78. The SMILES string of the molecule is CCOc1ccc2c(c1)C[C@H](CN=[N+]=[N-])O2. The lowest BCUT2D eigenvalue weighted by molar-refractivity contribution is 0.241. The lowest BCUT2D eigenvalue weighted by Gasteiger charge is -2.06. The van der Waals surface area contributed by atoms with Gasteiger partial charge in [0.15, 0.2) is 0 Å². The van der Waals surface area contributed by atoms with Crippen LogP contribution in [0, 0.1) is 0 Å². The average Bonchev–Trinajstić information content (AvgIpc) is 2.68. The van der Waals surface area contributed by atoms with Crippen LogP contribution in [0.2, 0.25) is 0 Å². The molecule has 84 valence electrons. The van der Waals surface area contributed by atoms with E-state index in [0.29, 0.717) is 13.2 Å². The molecule has 5 heteroatoms. The highest BCUT2D eigenvalue weighted by Crippen LogP contribution is 2.32. The molecule has 2 rings (SSSR count). The van der Waals surface area contributed by atoms with Gasteiger partial charge in [0, 0.05) is 16.9 Å². The number of nitrogens with zero attached hydrogens (tertiary/aromatic N) is 3. The number of fused-ring (bicyclic) bond motifs is 1. The molecule has 0 spiro atoms. The van der Waals surface area contributed by atoms with Crippen molar-refractivity contribution in [2.75, 3.05) is 13.2 Å². The molecule has 0 amide bonds. The molecule has 0 aliphatic carbocycles. The van der Waals surface area contributed by atoms with Gasteiger partial charge in [-0.25, -0.2) is 0 Å². The minimum absolute atomic E-state index is 0.0391. The smallest absolute Gasteiger partial charge is 0.123 e. The molecule has 0 aromatic heterocycles. The van der Waals surface area contributed by atoms with Gasteiger partial charge in [-0.15, -0.1) is 0 Å². The Kier molecular flexibility index (Phi) is 3.17. The Morgan fingerprint density at radius 2 is 2.50 bits per heavy atom. The number of benzene rings is 1. The molecule has 1 aliphatic heterocycles. The Balaban J connectivity index is 2.08. The van der Waals surface area contributed by atoms with Crippen molar-refractivity contribution in [2.24, 2.45) is 5.11 Å². The molecule has 0 saturated carbocycles. The Labute approximate surface area is 93.6 Å². The first-order valence-corrected chi connectivity index (χ1v) is 5.26. The summed E-state index contributed by atoms with van der Waals surface area (Å²) in [5.41, 5.74) is 9.36. The van der Waals surface area contributed by atoms with Crippen LogP contribution >= 0.6 is 0 Å². The van der Waals surface area contributed by atoms with Crippen LogP contribution in [0.1, 0.15) is 12.5 Å². The van der Waals surface area contributed by atoms with Gasteiger partial charge in [-0.1, -0.05) is 5.11 Å². The summed E-state index contributed by atoms with van der Waals surface area (Å²) < 4.78 is 11.0. The van der Waals surface area contributed by atoms with Gasteiger partial charge in [0.25, 0.3) is 0 Å². The van der Waals surface area contributed by atoms with E-state index in [9.17, 15) is 0 Å². The Hall–Kier alpha value is -1.87. The minimum atomic E-state index is -0.0391. The molecule has 1 aromatic rings. The number of azide groups is 1. The summed E-state index contributed by atoms with van der Waals surface area (Å²) in [5, 5.41) is 3.52. The predicted octanol–water partition coefficient (Wildman–Crippen LogP) is 2.70. The zero-order chi connectivity index (χ0) is 11.4. The Morgan fingerprint density at radius 1 is 1.62 bits per heavy atom. The summed E-state index contributed by atoms with van der Waals surface area (Å²) in [6.45, 7) is 2.98. The van der Waals surface area contributed by atoms with E-state index in [1.165, 1.54) is 0 Å². The summed E-state index contributed by atoms with van der Waals surface area (Å²) in [7, 11) is 0. The van der Waals surface area contributed by atoms with Crippen LogP contribution in [0.4, 0.5) is 0 Å². The number of hydrogen-bond donors (Lipinski definition) is 0. The molecule has 0 unspecified atom stereocenters. The average molecular weight is 219 g/mol. The molecule has 1 atom stereocenters. The monoisotopic (exact) mass is 219 g/mol. The summed E-state index contributed by atoms with van der Waals surface area (Å²) in [6, 6.07) is 5.77. The molecule has 0 N–H and O–H groups in total. The van der Waals surface area contributed by atoms with Crippen molar-refractivity contribution in [3.8, 4) is 11.5 Å². The van der Waals surface area contributed by atoms with E-state index in [0.717, 1.165) is 23.5 Å². The normalized spacial score (nSPS) is 17.2. The Bertz CT molecular complexity index is 427. The van der Waals surface area contributed by atoms with Gasteiger partial charge < -0.3 is 9.47 Å².